The molecular weight excluding hydrogens is 388 g/mol. The fourth-order valence-corrected chi connectivity index (χ4v) is 4.55. The Labute approximate surface area is 182 Å². The molecule has 31 heavy (non-hydrogen) atoms. The molecule has 7 nitrogen and oxygen atoms in total. The van der Waals surface area contributed by atoms with Crippen LogP contribution in [-0.2, 0) is 24.2 Å². The van der Waals surface area contributed by atoms with Gasteiger partial charge in [0.25, 0.3) is 0 Å². The summed E-state index contributed by atoms with van der Waals surface area (Å²) in [4.78, 5) is 23.1. The number of amides is 1. The van der Waals surface area contributed by atoms with Gasteiger partial charge in [-0.15, -0.1) is 0 Å². The number of nitrogens with zero attached hydrogens (tertiary/aromatic N) is 4. The molecule has 5 rings (SSSR count). The van der Waals surface area contributed by atoms with Crippen molar-refractivity contribution in [3.63, 3.8) is 0 Å². The van der Waals surface area contributed by atoms with Gasteiger partial charge >= 0.3 is 0 Å². The Kier molecular flexibility index (Phi) is 4.96. The number of carbonyl (C=O) groups excluding carboxylic acids is 1. The van der Waals surface area contributed by atoms with Gasteiger partial charge < -0.3 is 5.32 Å². The Morgan fingerprint density at radius 1 is 1.26 bits per heavy atom. The Hall–Kier alpha value is -3.22. The van der Waals surface area contributed by atoms with Crippen LogP contribution in [0.15, 0.2) is 36.7 Å². The third kappa shape index (κ3) is 4.04. The molecular formula is C24H28N6O. The molecule has 0 unspecified atom stereocenters. The molecule has 4 heterocycles. The molecule has 1 aliphatic heterocycles. The number of hydrogen-bond donors (Lipinski definition) is 2. The monoisotopic (exact) mass is 416 g/mol. The third-order valence-electron chi connectivity index (χ3n) is 6.29. The lowest BCUT2D eigenvalue weighted by Gasteiger charge is -2.29. The second-order valence-electron chi connectivity index (χ2n) is 9.33. The molecule has 0 saturated carbocycles. The second kappa shape index (κ2) is 7.80. The van der Waals surface area contributed by atoms with Crippen molar-refractivity contribution >= 4 is 17.5 Å². The van der Waals surface area contributed by atoms with E-state index < -0.39 is 0 Å². The molecule has 0 atom stereocenters. The molecule has 1 fully saturated rings. The standard InChI is InChI=1S/C24H28N6O/c1-24(2)8-7-18-19(13-24)28-29-23(18)17-11-20(26-15-16-5-3-9-25-14-16)27-21(12-17)30-10-4-6-22(30)31/h3,5,9,11-12,14H,4,6-8,10,13,15H2,1-2H3,(H,26,27)(H,28,29). The number of fused-ring (bicyclic) bond motifs is 1. The summed E-state index contributed by atoms with van der Waals surface area (Å²) in [6.45, 7) is 5.94. The first-order valence-corrected chi connectivity index (χ1v) is 11.0. The normalized spacial score (nSPS) is 17.6. The minimum atomic E-state index is 0.133. The largest absolute Gasteiger partial charge is 0.366 e. The zero-order chi connectivity index (χ0) is 21.4. The first kappa shape index (κ1) is 19.7. The highest BCUT2D eigenvalue weighted by Gasteiger charge is 2.30. The van der Waals surface area contributed by atoms with Crippen LogP contribution >= 0.6 is 0 Å². The Bertz CT molecular complexity index is 1100. The van der Waals surface area contributed by atoms with Crippen molar-refractivity contribution in [2.75, 3.05) is 16.8 Å². The number of H-pyrrole nitrogens is 1. The van der Waals surface area contributed by atoms with Gasteiger partial charge in [0.2, 0.25) is 5.91 Å². The average Bonchev–Trinajstić information content (AvgIpc) is 3.37. The Balaban J connectivity index is 1.51. The van der Waals surface area contributed by atoms with Crippen LogP contribution in [-0.4, -0.2) is 32.6 Å². The predicted molar refractivity (Wildman–Crippen MR) is 121 cm³/mol. The van der Waals surface area contributed by atoms with E-state index in [0.29, 0.717) is 30.7 Å². The molecule has 2 N–H and O–H groups in total. The molecule has 0 bridgehead atoms. The molecule has 2 aliphatic rings. The lowest BCUT2D eigenvalue weighted by Crippen LogP contribution is -2.25. The topological polar surface area (TPSA) is 86.8 Å². The molecule has 0 radical (unpaired) electrons. The quantitative estimate of drug-likeness (QED) is 0.653. The van der Waals surface area contributed by atoms with Crippen LogP contribution in [0.2, 0.25) is 0 Å². The van der Waals surface area contributed by atoms with E-state index in [-0.39, 0.29) is 5.91 Å². The summed E-state index contributed by atoms with van der Waals surface area (Å²) in [5.74, 6) is 1.57. The van der Waals surface area contributed by atoms with Crippen LogP contribution in [0.1, 0.15) is 49.9 Å². The van der Waals surface area contributed by atoms with Crippen LogP contribution < -0.4 is 10.2 Å². The van der Waals surface area contributed by atoms with E-state index >= 15 is 0 Å². The van der Waals surface area contributed by atoms with E-state index in [1.54, 1.807) is 11.1 Å². The summed E-state index contributed by atoms with van der Waals surface area (Å²) in [6, 6.07) is 8.00. The number of rotatable bonds is 5. The summed E-state index contributed by atoms with van der Waals surface area (Å²) < 4.78 is 0. The van der Waals surface area contributed by atoms with Gasteiger partial charge in [0, 0.05) is 48.7 Å². The van der Waals surface area contributed by atoms with Gasteiger partial charge in [-0.1, -0.05) is 19.9 Å². The minimum Gasteiger partial charge on any atom is -0.366 e. The summed E-state index contributed by atoms with van der Waals surface area (Å²) in [5, 5.41) is 11.4. The van der Waals surface area contributed by atoms with Gasteiger partial charge in [0.1, 0.15) is 11.6 Å². The molecule has 0 spiro atoms. The van der Waals surface area contributed by atoms with Crippen molar-refractivity contribution < 1.29 is 4.79 Å². The van der Waals surface area contributed by atoms with E-state index in [9.17, 15) is 4.79 Å². The summed E-state index contributed by atoms with van der Waals surface area (Å²) in [5.41, 5.74) is 5.86. The molecule has 0 aromatic carbocycles. The predicted octanol–water partition coefficient (Wildman–Crippen LogP) is 4.12. The Morgan fingerprint density at radius 3 is 2.94 bits per heavy atom. The lowest BCUT2D eigenvalue weighted by atomic mass is 9.76. The SMILES string of the molecule is CC1(C)CCc2c(-c3cc(NCc4cccnc4)nc(N4CCCC4=O)c3)n[nH]c2C1. The van der Waals surface area contributed by atoms with Gasteiger partial charge in [-0.3, -0.25) is 19.8 Å². The zero-order valence-electron chi connectivity index (χ0n) is 18.1. The zero-order valence-corrected chi connectivity index (χ0v) is 18.1. The molecule has 3 aromatic rings. The molecule has 1 amide bonds. The van der Waals surface area contributed by atoms with Crippen molar-refractivity contribution in [3.8, 4) is 11.3 Å². The highest BCUT2D eigenvalue weighted by molar-refractivity contribution is 5.95. The fraction of sp³-hybridized carbons (Fsp3) is 0.417. The molecule has 3 aromatic heterocycles. The minimum absolute atomic E-state index is 0.133. The van der Waals surface area contributed by atoms with Crippen molar-refractivity contribution in [2.45, 2.75) is 52.5 Å². The van der Waals surface area contributed by atoms with Crippen molar-refractivity contribution in [3.05, 3.63) is 53.5 Å². The lowest BCUT2D eigenvalue weighted by molar-refractivity contribution is -0.117. The first-order valence-electron chi connectivity index (χ1n) is 11.0. The van der Waals surface area contributed by atoms with Crippen molar-refractivity contribution in [1.29, 1.82) is 0 Å². The smallest absolute Gasteiger partial charge is 0.228 e. The number of aromatic nitrogens is 4. The van der Waals surface area contributed by atoms with Gasteiger partial charge in [-0.05, 0) is 54.9 Å². The van der Waals surface area contributed by atoms with Crippen molar-refractivity contribution in [1.82, 2.24) is 20.2 Å². The summed E-state index contributed by atoms with van der Waals surface area (Å²) in [6.07, 6.45) is 8.21. The summed E-state index contributed by atoms with van der Waals surface area (Å²) >= 11 is 0. The molecule has 1 saturated heterocycles. The van der Waals surface area contributed by atoms with Gasteiger partial charge in [-0.2, -0.15) is 5.10 Å². The number of carbonyl (C=O) groups is 1. The molecule has 7 heteroatoms. The van der Waals surface area contributed by atoms with Crippen LogP contribution in [0.5, 0.6) is 0 Å². The summed E-state index contributed by atoms with van der Waals surface area (Å²) in [7, 11) is 0. The number of pyridine rings is 2. The maximum absolute atomic E-state index is 12.4. The van der Waals surface area contributed by atoms with Crippen LogP contribution in [0.3, 0.4) is 0 Å². The van der Waals surface area contributed by atoms with Gasteiger partial charge in [0.15, 0.2) is 0 Å². The Morgan fingerprint density at radius 2 is 2.16 bits per heavy atom. The number of aromatic amines is 1. The highest BCUT2D eigenvalue weighted by atomic mass is 16.2. The number of nitrogens with one attached hydrogen (secondary N) is 2. The van der Waals surface area contributed by atoms with Gasteiger partial charge in [-0.25, -0.2) is 4.98 Å². The van der Waals surface area contributed by atoms with Crippen LogP contribution in [0.4, 0.5) is 11.6 Å². The highest BCUT2D eigenvalue weighted by Crippen LogP contribution is 2.39. The third-order valence-corrected chi connectivity index (χ3v) is 6.29. The van der Waals surface area contributed by atoms with Crippen LogP contribution in [0, 0.1) is 5.41 Å². The van der Waals surface area contributed by atoms with E-state index in [4.69, 9.17) is 4.98 Å². The maximum Gasteiger partial charge on any atom is 0.228 e. The number of hydrogen-bond acceptors (Lipinski definition) is 5. The van der Waals surface area contributed by atoms with E-state index in [2.05, 4.69) is 34.3 Å². The van der Waals surface area contributed by atoms with E-state index in [1.807, 2.05) is 30.5 Å². The first-order chi connectivity index (χ1) is 15.0. The average molecular weight is 417 g/mol. The van der Waals surface area contributed by atoms with Gasteiger partial charge in [0.05, 0.1) is 5.69 Å². The van der Waals surface area contributed by atoms with E-state index in [0.717, 1.165) is 48.3 Å². The maximum atomic E-state index is 12.4. The second-order valence-corrected chi connectivity index (χ2v) is 9.33. The number of anilines is 2. The molecule has 160 valence electrons. The molecule has 1 aliphatic carbocycles. The fourth-order valence-electron chi connectivity index (χ4n) is 4.55. The van der Waals surface area contributed by atoms with E-state index in [1.165, 1.54) is 11.3 Å². The van der Waals surface area contributed by atoms with Crippen molar-refractivity contribution in [2.24, 2.45) is 5.41 Å². The van der Waals surface area contributed by atoms with Crippen LogP contribution in [0.25, 0.3) is 11.3 Å².